The van der Waals surface area contributed by atoms with E-state index in [0.29, 0.717) is 31.0 Å². The van der Waals surface area contributed by atoms with Crippen LogP contribution in [0.1, 0.15) is 22.4 Å². The summed E-state index contributed by atoms with van der Waals surface area (Å²) in [7, 11) is 0. The number of nitrogens with one attached hydrogen (secondary N) is 2. The molecule has 3 rings (SSSR count). The summed E-state index contributed by atoms with van der Waals surface area (Å²) in [5.74, 6) is 0.553. The molecule has 1 aromatic carbocycles. The van der Waals surface area contributed by atoms with E-state index in [-0.39, 0.29) is 5.91 Å². The Balaban J connectivity index is 1.68. The average molecular weight is 336 g/mol. The minimum absolute atomic E-state index is 0.0503. The summed E-state index contributed by atoms with van der Waals surface area (Å²) in [5.41, 5.74) is 4.23. The zero-order chi connectivity index (χ0) is 17.8. The number of piperazine rings is 1. The largest absolute Gasteiger partial charge is 0.363 e. The summed E-state index contributed by atoms with van der Waals surface area (Å²) < 4.78 is 0. The van der Waals surface area contributed by atoms with Gasteiger partial charge in [0.2, 0.25) is 5.91 Å². The molecule has 1 aliphatic rings. The quantitative estimate of drug-likeness (QED) is 0.879. The van der Waals surface area contributed by atoms with E-state index in [0.717, 1.165) is 29.1 Å². The topological polar surface area (TPSA) is 93.9 Å². The summed E-state index contributed by atoms with van der Waals surface area (Å²) in [6.45, 7) is 6.13. The van der Waals surface area contributed by atoms with Crippen LogP contribution in [0.25, 0.3) is 0 Å². The first-order valence-corrected chi connectivity index (χ1v) is 8.17. The molecule has 0 unspecified atom stereocenters. The molecule has 0 atom stereocenters. The van der Waals surface area contributed by atoms with Gasteiger partial charge in [0.1, 0.15) is 11.6 Å². The van der Waals surface area contributed by atoms with Gasteiger partial charge in [-0.1, -0.05) is 12.1 Å². The van der Waals surface area contributed by atoms with E-state index in [1.165, 1.54) is 0 Å². The molecule has 0 bridgehead atoms. The lowest BCUT2D eigenvalue weighted by molar-refractivity contribution is -0.120. The number of amides is 1. The van der Waals surface area contributed by atoms with Crippen molar-refractivity contribution in [3.63, 3.8) is 0 Å². The smallest absolute Gasteiger partial charge is 0.239 e. The van der Waals surface area contributed by atoms with Gasteiger partial charge < -0.3 is 15.5 Å². The normalized spacial score (nSPS) is 14.0. The molecule has 7 nitrogen and oxygen atoms in total. The van der Waals surface area contributed by atoms with Gasteiger partial charge in [-0.3, -0.25) is 4.79 Å². The van der Waals surface area contributed by atoms with Crippen molar-refractivity contribution in [1.29, 1.82) is 5.26 Å². The molecule has 1 aliphatic heterocycles. The predicted octanol–water partition coefficient (Wildman–Crippen LogP) is 1.51. The second kappa shape index (κ2) is 7.18. The van der Waals surface area contributed by atoms with Crippen LogP contribution in [0, 0.1) is 25.2 Å². The zero-order valence-electron chi connectivity index (χ0n) is 14.3. The summed E-state index contributed by atoms with van der Waals surface area (Å²) in [6, 6.07) is 10.2. The number of rotatable bonds is 4. The van der Waals surface area contributed by atoms with Crippen LogP contribution >= 0.6 is 0 Å². The maximum atomic E-state index is 11.5. The lowest BCUT2D eigenvalue weighted by Gasteiger charge is -2.28. The van der Waals surface area contributed by atoms with Crippen molar-refractivity contribution < 1.29 is 4.79 Å². The lowest BCUT2D eigenvalue weighted by Crippen LogP contribution is -2.47. The number of aromatic nitrogens is 2. The van der Waals surface area contributed by atoms with Gasteiger partial charge in [-0.2, -0.15) is 10.4 Å². The standard InChI is InChI=1S/C18H20N6O/c1-12-13(2)22-23-18(16(12)9-19)21-10-14-3-5-15(6-4-14)24-8-7-20-17(25)11-24/h3-6H,7-8,10-11H2,1-2H3,(H,20,25)(H,21,23). The highest BCUT2D eigenvalue weighted by Gasteiger charge is 2.16. The van der Waals surface area contributed by atoms with Crippen molar-refractivity contribution in [3.05, 3.63) is 46.6 Å². The molecule has 0 spiro atoms. The minimum Gasteiger partial charge on any atom is -0.363 e. The van der Waals surface area contributed by atoms with E-state index in [1.54, 1.807) is 0 Å². The van der Waals surface area contributed by atoms with Gasteiger partial charge in [-0.05, 0) is 37.1 Å². The van der Waals surface area contributed by atoms with Crippen LogP contribution in [0.4, 0.5) is 11.5 Å². The Bertz CT molecular complexity index is 825. The van der Waals surface area contributed by atoms with Crippen LogP contribution in [0.3, 0.4) is 0 Å². The Hall–Kier alpha value is -3.14. The SMILES string of the molecule is Cc1nnc(NCc2ccc(N3CCNC(=O)C3)cc2)c(C#N)c1C. The number of aryl methyl sites for hydroxylation is 1. The number of carbonyl (C=O) groups is 1. The van der Waals surface area contributed by atoms with Crippen LogP contribution in [-0.2, 0) is 11.3 Å². The van der Waals surface area contributed by atoms with Gasteiger partial charge in [0.25, 0.3) is 0 Å². The number of carbonyl (C=O) groups excluding carboxylic acids is 1. The maximum Gasteiger partial charge on any atom is 0.239 e. The van der Waals surface area contributed by atoms with E-state index < -0.39 is 0 Å². The number of benzene rings is 1. The van der Waals surface area contributed by atoms with Crippen LogP contribution in [0.2, 0.25) is 0 Å². The molecule has 1 amide bonds. The molecule has 1 fully saturated rings. The minimum atomic E-state index is 0.0503. The van der Waals surface area contributed by atoms with E-state index in [4.69, 9.17) is 0 Å². The fourth-order valence-corrected chi connectivity index (χ4v) is 2.74. The van der Waals surface area contributed by atoms with E-state index in [2.05, 4.69) is 31.8 Å². The third kappa shape index (κ3) is 3.69. The second-order valence-electron chi connectivity index (χ2n) is 6.04. The van der Waals surface area contributed by atoms with Crippen molar-refractivity contribution in [1.82, 2.24) is 15.5 Å². The van der Waals surface area contributed by atoms with Crippen molar-refractivity contribution in [2.24, 2.45) is 0 Å². The Kier molecular flexibility index (Phi) is 4.80. The molecule has 0 radical (unpaired) electrons. The molecule has 1 aromatic heterocycles. The van der Waals surface area contributed by atoms with Gasteiger partial charge in [0.15, 0.2) is 5.82 Å². The van der Waals surface area contributed by atoms with Crippen LogP contribution in [0.5, 0.6) is 0 Å². The van der Waals surface area contributed by atoms with Crippen molar-refractivity contribution in [2.75, 3.05) is 29.9 Å². The van der Waals surface area contributed by atoms with Gasteiger partial charge in [-0.15, -0.1) is 5.10 Å². The van der Waals surface area contributed by atoms with E-state index in [9.17, 15) is 10.1 Å². The molecule has 128 valence electrons. The van der Waals surface area contributed by atoms with Crippen molar-refractivity contribution >= 4 is 17.4 Å². The van der Waals surface area contributed by atoms with E-state index >= 15 is 0 Å². The van der Waals surface area contributed by atoms with Crippen LogP contribution < -0.4 is 15.5 Å². The van der Waals surface area contributed by atoms with Gasteiger partial charge >= 0.3 is 0 Å². The fourth-order valence-electron chi connectivity index (χ4n) is 2.74. The first kappa shape index (κ1) is 16.7. The fraction of sp³-hybridized carbons (Fsp3) is 0.333. The molecule has 0 aliphatic carbocycles. The Morgan fingerprint density at radius 3 is 2.72 bits per heavy atom. The summed E-state index contributed by atoms with van der Waals surface area (Å²) in [4.78, 5) is 13.5. The number of hydrogen-bond donors (Lipinski definition) is 2. The highest BCUT2D eigenvalue weighted by molar-refractivity contribution is 5.82. The summed E-state index contributed by atoms with van der Waals surface area (Å²) >= 11 is 0. The molecule has 25 heavy (non-hydrogen) atoms. The van der Waals surface area contributed by atoms with Gasteiger partial charge in [0, 0.05) is 25.3 Å². The average Bonchev–Trinajstić information content (AvgIpc) is 2.63. The number of nitriles is 1. The molecule has 7 heteroatoms. The first-order chi connectivity index (χ1) is 12.1. The molecular weight excluding hydrogens is 316 g/mol. The molecule has 2 aromatic rings. The van der Waals surface area contributed by atoms with Crippen LogP contribution in [0.15, 0.2) is 24.3 Å². The summed E-state index contributed by atoms with van der Waals surface area (Å²) in [6.07, 6.45) is 0. The summed E-state index contributed by atoms with van der Waals surface area (Å²) in [5, 5.41) is 23.5. The molecular formula is C18H20N6O. The van der Waals surface area contributed by atoms with Crippen molar-refractivity contribution in [3.8, 4) is 6.07 Å². The highest BCUT2D eigenvalue weighted by Crippen LogP contribution is 2.19. The molecule has 0 saturated carbocycles. The molecule has 2 N–H and O–H groups in total. The van der Waals surface area contributed by atoms with E-state index in [1.807, 2.05) is 38.1 Å². The maximum absolute atomic E-state index is 11.5. The molecule has 1 saturated heterocycles. The predicted molar refractivity (Wildman–Crippen MR) is 95.2 cm³/mol. The number of anilines is 2. The van der Waals surface area contributed by atoms with Gasteiger partial charge in [0.05, 0.1) is 12.2 Å². The van der Waals surface area contributed by atoms with Gasteiger partial charge in [-0.25, -0.2) is 0 Å². The Morgan fingerprint density at radius 2 is 2.04 bits per heavy atom. The Morgan fingerprint density at radius 1 is 1.28 bits per heavy atom. The van der Waals surface area contributed by atoms with Crippen LogP contribution in [-0.4, -0.2) is 35.7 Å². The van der Waals surface area contributed by atoms with Crippen molar-refractivity contribution in [2.45, 2.75) is 20.4 Å². The lowest BCUT2D eigenvalue weighted by atomic mass is 10.1. The monoisotopic (exact) mass is 336 g/mol. The number of nitrogens with zero attached hydrogens (tertiary/aromatic N) is 4. The molecule has 2 heterocycles. The highest BCUT2D eigenvalue weighted by atomic mass is 16.2. The Labute approximate surface area is 146 Å². The zero-order valence-corrected chi connectivity index (χ0v) is 14.3. The third-order valence-electron chi connectivity index (χ3n) is 4.37. The first-order valence-electron chi connectivity index (χ1n) is 8.17. The third-order valence-corrected chi connectivity index (χ3v) is 4.37. The second-order valence-corrected chi connectivity index (χ2v) is 6.04. The number of hydrogen-bond acceptors (Lipinski definition) is 6.